The summed E-state index contributed by atoms with van der Waals surface area (Å²) in [5, 5.41) is 0. The van der Waals surface area contributed by atoms with Crippen LogP contribution in [0.3, 0.4) is 0 Å². The molecule has 3 rings (SSSR count). The standard InChI is InChI=1S/C25H15F7O/c1-2-3-4-15-5-8-17(20(26)11-15)9-6-16-7-10-19(21(27)12-16)25(31,32)33-18-13-22(28)24(30)23(29)14-18/h2,5,7-8,10-14H,1,3-4H2. The highest BCUT2D eigenvalue weighted by atomic mass is 19.3. The Labute approximate surface area is 185 Å². The third-order valence-electron chi connectivity index (χ3n) is 4.50. The van der Waals surface area contributed by atoms with Crippen LogP contribution in [0.4, 0.5) is 30.7 Å². The molecule has 0 aliphatic heterocycles. The van der Waals surface area contributed by atoms with E-state index in [2.05, 4.69) is 23.2 Å². The fourth-order valence-corrected chi connectivity index (χ4v) is 2.85. The minimum absolute atomic E-state index is 0.0268. The number of hydrogen-bond acceptors (Lipinski definition) is 1. The molecule has 0 unspecified atom stereocenters. The Morgan fingerprint density at radius 1 is 0.818 bits per heavy atom. The van der Waals surface area contributed by atoms with Crippen molar-refractivity contribution in [3.8, 4) is 17.6 Å². The van der Waals surface area contributed by atoms with Crippen LogP contribution < -0.4 is 4.74 Å². The van der Waals surface area contributed by atoms with Crippen LogP contribution in [-0.2, 0) is 12.5 Å². The van der Waals surface area contributed by atoms with E-state index in [0.29, 0.717) is 25.0 Å². The maximum Gasteiger partial charge on any atom is 0.429 e. The van der Waals surface area contributed by atoms with E-state index in [1.807, 2.05) is 0 Å². The quantitative estimate of drug-likeness (QED) is 0.165. The molecule has 0 bridgehead atoms. The van der Waals surface area contributed by atoms with Gasteiger partial charge in [-0.1, -0.05) is 24.0 Å². The molecule has 0 N–H and O–H groups in total. The van der Waals surface area contributed by atoms with Gasteiger partial charge < -0.3 is 4.74 Å². The lowest BCUT2D eigenvalue weighted by Crippen LogP contribution is -2.23. The van der Waals surface area contributed by atoms with Gasteiger partial charge in [0.25, 0.3) is 0 Å². The van der Waals surface area contributed by atoms with Gasteiger partial charge in [0.2, 0.25) is 0 Å². The molecule has 0 atom stereocenters. The minimum Gasteiger partial charge on any atom is -0.429 e. The molecule has 0 radical (unpaired) electrons. The summed E-state index contributed by atoms with van der Waals surface area (Å²) in [6.07, 6.45) is -1.35. The number of hydrogen-bond donors (Lipinski definition) is 0. The molecule has 170 valence electrons. The highest BCUT2D eigenvalue weighted by Crippen LogP contribution is 2.34. The molecule has 33 heavy (non-hydrogen) atoms. The molecule has 0 aliphatic rings. The van der Waals surface area contributed by atoms with Crippen molar-refractivity contribution in [2.45, 2.75) is 19.0 Å². The van der Waals surface area contributed by atoms with Crippen LogP contribution >= 0.6 is 0 Å². The van der Waals surface area contributed by atoms with Gasteiger partial charge >= 0.3 is 6.11 Å². The van der Waals surface area contributed by atoms with Gasteiger partial charge in [-0.05, 0) is 48.7 Å². The van der Waals surface area contributed by atoms with Crippen LogP contribution in [0.1, 0.15) is 28.7 Å². The number of allylic oxidation sites excluding steroid dienone is 1. The first-order valence-corrected chi connectivity index (χ1v) is 9.53. The molecular formula is C25H15F7O. The van der Waals surface area contributed by atoms with Crippen molar-refractivity contribution < 1.29 is 35.5 Å². The molecule has 3 aromatic carbocycles. The number of halogens is 7. The van der Waals surface area contributed by atoms with Crippen LogP contribution in [0, 0.1) is 40.9 Å². The lowest BCUT2D eigenvalue weighted by molar-refractivity contribution is -0.187. The van der Waals surface area contributed by atoms with Crippen molar-refractivity contribution >= 4 is 0 Å². The zero-order chi connectivity index (χ0) is 24.2. The third kappa shape index (κ3) is 5.75. The number of alkyl halides is 2. The van der Waals surface area contributed by atoms with Crippen LogP contribution in [0.15, 0.2) is 61.2 Å². The predicted molar refractivity (Wildman–Crippen MR) is 108 cm³/mol. The first-order valence-electron chi connectivity index (χ1n) is 9.53. The largest absolute Gasteiger partial charge is 0.429 e. The molecule has 0 spiro atoms. The fraction of sp³-hybridized carbons (Fsp3) is 0.120. The summed E-state index contributed by atoms with van der Waals surface area (Å²) >= 11 is 0. The molecule has 0 amide bonds. The summed E-state index contributed by atoms with van der Waals surface area (Å²) in [5.74, 6) is -3.40. The van der Waals surface area contributed by atoms with E-state index in [1.165, 1.54) is 12.1 Å². The van der Waals surface area contributed by atoms with Crippen molar-refractivity contribution in [3.63, 3.8) is 0 Å². The lowest BCUT2D eigenvalue weighted by Gasteiger charge is -2.19. The van der Waals surface area contributed by atoms with Gasteiger partial charge in [-0.3, -0.25) is 0 Å². The molecule has 0 aliphatic carbocycles. The summed E-state index contributed by atoms with van der Waals surface area (Å²) in [5.41, 5.74) is -0.482. The molecule has 0 fully saturated rings. The second-order valence-electron chi connectivity index (χ2n) is 6.91. The number of rotatable bonds is 6. The molecular weight excluding hydrogens is 449 g/mol. The van der Waals surface area contributed by atoms with E-state index in [-0.39, 0.29) is 23.3 Å². The van der Waals surface area contributed by atoms with Crippen LogP contribution in [0.5, 0.6) is 5.75 Å². The molecule has 0 saturated carbocycles. The Hall–Kier alpha value is -3.73. The maximum atomic E-state index is 14.3. The minimum atomic E-state index is -4.33. The second-order valence-corrected chi connectivity index (χ2v) is 6.91. The first-order chi connectivity index (χ1) is 15.6. The fourth-order valence-electron chi connectivity index (χ4n) is 2.85. The average Bonchev–Trinajstić information content (AvgIpc) is 2.75. The van der Waals surface area contributed by atoms with E-state index in [1.54, 1.807) is 12.1 Å². The molecule has 3 aromatic rings. The Morgan fingerprint density at radius 2 is 1.52 bits per heavy atom. The van der Waals surface area contributed by atoms with Gasteiger partial charge in [-0.25, -0.2) is 22.0 Å². The van der Waals surface area contributed by atoms with Crippen molar-refractivity contribution in [2.75, 3.05) is 0 Å². The number of benzene rings is 3. The van der Waals surface area contributed by atoms with Gasteiger partial charge in [-0.2, -0.15) is 8.78 Å². The molecule has 0 aromatic heterocycles. The van der Waals surface area contributed by atoms with E-state index in [9.17, 15) is 30.7 Å². The summed E-state index contributed by atoms with van der Waals surface area (Å²) < 4.78 is 101. The number of ether oxygens (including phenoxy) is 1. The Kier molecular flexibility index (Phi) is 7.12. The van der Waals surface area contributed by atoms with E-state index >= 15 is 0 Å². The Bertz CT molecular complexity index is 1230. The highest BCUT2D eigenvalue weighted by Gasteiger charge is 2.38. The summed E-state index contributed by atoms with van der Waals surface area (Å²) in [6.45, 7) is 3.59. The van der Waals surface area contributed by atoms with Crippen molar-refractivity contribution in [3.05, 3.63) is 113 Å². The Morgan fingerprint density at radius 3 is 2.12 bits per heavy atom. The number of aryl methyl sites for hydroxylation is 1. The van der Waals surface area contributed by atoms with E-state index in [4.69, 9.17) is 0 Å². The zero-order valence-corrected chi connectivity index (χ0v) is 16.9. The summed E-state index contributed by atoms with van der Waals surface area (Å²) in [6, 6.07) is 7.27. The normalized spacial score (nSPS) is 11.0. The second kappa shape index (κ2) is 9.82. The third-order valence-corrected chi connectivity index (χ3v) is 4.50. The summed E-state index contributed by atoms with van der Waals surface area (Å²) in [4.78, 5) is 0. The van der Waals surface area contributed by atoms with E-state index in [0.717, 1.165) is 11.6 Å². The van der Waals surface area contributed by atoms with Gasteiger partial charge in [0.15, 0.2) is 17.5 Å². The van der Waals surface area contributed by atoms with Crippen molar-refractivity contribution in [1.82, 2.24) is 0 Å². The first kappa shape index (κ1) is 23.9. The van der Waals surface area contributed by atoms with E-state index < -0.39 is 46.5 Å². The van der Waals surface area contributed by atoms with Gasteiger partial charge in [0.05, 0.1) is 5.56 Å². The topological polar surface area (TPSA) is 9.23 Å². The van der Waals surface area contributed by atoms with Crippen molar-refractivity contribution in [2.24, 2.45) is 0 Å². The maximum absolute atomic E-state index is 14.3. The van der Waals surface area contributed by atoms with Crippen LogP contribution in [0.25, 0.3) is 0 Å². The monoisotopic (exact) mass is 464 g/mol. The summed E-state index contributed by atoms with van der Waals surface area (Å²) in [7, 11) is 0. The van der Waals surface area contributed by atoms with Gasteiger partial charge in [0.1, 0.15) is 22.9 Å². The van der Waals surface area contributed by atoms with Gasteiger partial charge in [-0.15, -0.1) is 6.58 Å². The smallest absolute Gasteiger partial charge is 0.429 e. The molecule has 1 nitrogen and oxygen atoms in total. The molecule has 0 heterocycles. The van der Waals surface area contributed by atoms with Crippen molar-refractivity contribution in [1.29, 1.82) is 0 Å². The zero-order valence-electron chi connectivity index (χ0n) is 16.9. The lowest BCUT2D eigenvalue weighted by atomic mass is 10.1. The molecule has 8 heteroatoms. The van der Waals surface area contributed by atoms with Crippen LogP contribution in [-0.4, -0.2) is 0 Å². The highest BCUT2D eigenvalue weighted by molar-refractivity contribution is 5.45. The molecule has 0 saturated heterocycles. The average molecular weight is 464 g/mol. The van der Waals surface area contributed by atoms with Crippen LogP contribution in [0.2, 0.25) is 0 Å². The SMILES string of the molecule is C=CCCc1ccc(C#Cc2ccc(C(F)(F)Oc3cc(F)c(F)c(F)c3)c(F)c2)c(F)c1. The Balaban J connectivity index is 1.81. The van der Waals surface area contributed by atoms with Gasteiger partial charge in [0, 0.05) is 17.7 Å². The predicted octanol–water partition coefficient (Wildman–Crippen LogP) is 7.03.